The first-order valence-electron chi connectivity index (χ1n) is 10.1. The van der Waals surface area contributed by atoms with Gasteiger partial charge in [-0.25, -0.2) is 0 Å². The summed E-state index contributed by atoms with van der Waals surface area (Å²) in [7, 11) is 1.61. The number of ether oxygens (including phenoxy) is 1. The molecule has 1 aromatic carbocycles. The predicted molar refractivity (Wildman–Crippen MR) is 110 cm³/mol. The quantitative estimate of drug-likeness (QED) is 0.524. The molecule has 4 aromatic rings. The van der Waals surface area contributed by atoms with Crippen molar-refractivity contribution in [3.63, 3.8) is 0 Å². The zero-order valence-corrected chi connectivity index (χ0v) is 16.9. The van der Waals surface area contributed by atoms with Gasteiger partial charge < -0.3 is 18.5 Å². The van der Waals surface area contributed by atoms with E-state index in [0.29, 0.717) is 42.0 Å². The fraction of sp³-hybridized carbons (Fsp3) is 0.273. The van der Waals surface area contributed by atoms with Crippen molar-refractivity contribution in [3.05, 3.63) is 60.5 Å². The standard InChI is InChI=1S/C22H21N5O4/c1-29-19-5-3-2-4-16(19)17-12-18(24-23-17)22(28)27-9-6-14(7-10-27)20-25-26-21(31-20)15-8-11-30-13-15/h2-5,8,11-14H,6-7,9-10H2,1H3,(H,23,24). The molecule has 0 unspecified atom stereocenters. The van der Waals surface area contributed by atoms with Gasteiger partial charge in [-0.05, 0) is 37.1 Å². The highest BCUT2D eigenvalue weighted by molar-refractivity contribution is 5.93. The molecule has 9 nitrogen and oxygen atoms in total. The fourth-order valence-corrected chi connectivity index (χ4v) is 3.83. The van der Waals surface area contributed by atoms with E-state index in [2.05, 4.69) is 20.4 Å². The minimum atomic E-state index is -0.0725. The van der Waals surface area contributed by atoms with E-state index in [0.717, 1.165) is 24.0 Å². The minimum Gasteiger partial charge on any atom is -0.496 e. The van der Waals surface area contributed by atoms with Crippen LogP contribution in [0.3, 0.4) is 0 Å². The molecule has 4 heterocycles. The molecule has 0 saturated carbocycles. The average molecular weight is 419 g/mol. The maximum atomic E-state index is 13.0. The number of carbonyl (C=O) groups is 1. The molecule has 1 N–H and O–H groups in total. The number of hydrogen-bond acceptors (Lipinski definition) is 7. The highest BCUT2D eigenvalue weighted by Gasteiger charge is 2.29. The Hall–Kier alpha value is -3.88. The summed E-state index contributed by atoms with van der Waals surface area (Å²) in [5.74, 6) is 1.81. The van der Waals surface area contributed by atoms with Crippen LogP contribution < -0.4 is 4.74 Å². The second-order valence-corrected chi connectivity index (χ2v) is 7.39. The number of furan rings is 1. The number of nitrogens with zero attached hydrogens (tertiary/aromatic N) is 4. The summed E-state index contributed by atoms with van der Waals surface area (Å²) in [6.45, 7) is 1.21. The Bertz CT molecular complexity index is 1170. The lowest BCUT2D eigenvalue weighted by Crippen LogP contribution is -2.38. The van der Waals surface area contributed by atoms with Crippen molar-refractivity contribution in [2.45, 2.75) is 18.8 Å². The van der Waals surface area contributed by atoms with Crippen molar-refractivity contribution in [2.24, 2.45) is 0 Å². The van der Waals surface area contributed by atoms with Gasteiger partial charge in [0.15, 0.2) is 0 Å². The van der Waals surface area contributed by atoms with Crippen LogP contribution in [0.2, 0.25) is 0 Å². The number of rotatable bonds is 5. The molecule has 31 heavy (non-hydrogen) atoms. The van der Waals surface area contributed by atoms with E-state index in [1.165, 1.54) is 0 Å². The molecule has 5 rings (SSSR count). The lowest BCUT2D eigenvalue weighted by Gasteiger charge is -2.30. The molecule has 0 aliphatic carbocycles. The molecule has 0 atom stereocenters. The van der Waals surface area contributed by atoms with Crippen LogP contribution in [-0.2, 0) is 0 Å². The van der Waals surface area contributed by atoms with E-state index in [4.69, 9.17) is 13.6 Å². The van der Waals surface area contributed by atoms with Crippen molar-refractivity contribution < 1.29 is 18.4 Å². The largest absolute Gasteiger partial charge is 0.496 e. The SMILES string of the molecule is COc1ccccc1-c1cc(C(=O)N2CCC(c3nnc(-c4ccoc4)o3)CC2)[nH]n1. The number of methoxy groups -OCH3 is 1. The van der Waals surface area contributed by atoms with Gasteiger partial charge in [-0.3, -0.25) is 9.89 Å². The Morgan fingerprint density at radius 3 is 2.81 bits per heavy atom. The van der Waals surface area contributed by atoms with Crippen molar-refractivity contribution >= 4 is 5.91 Å². The number of aromatic nitrogens is 4. The van der Waals surface area contributed by atoms with E-state index in [9.17, 15) is 4.79 Å². The van der Waals surface area contributed by atoms with E-state index >= 15 is 0 Å². The van der Waals surface area contributed by atoms with Gasteiger partial charge in [0, 0.05) is 24.6 Å². The molecular weight excluding hydrogens is 398 g/mol. The van der Waals surface area contributed by atoms with E-state index in [1.807, 2.05) is 29.2 Å². The topological polar surface area (TPSA) is 110 Å². The zero-order chi connectivity index (χ0) is 21.2. The molecule has 3 aromatic heterocycles. The number of amides is 1. The number of piperidine rings is 1. The second kappa shape index (κ2) is 8.10. The third-order valence-corrected chi connectivity index (χ3v) is 5.53. The summed E-state index contributed by atoms with van der Waals surface area (Å²) in [5, 5.41) is 15.5. The first kappa shape index (κ1) is 19.1. The number of likely N-dealkylation sites (tertiary alicyclic amines) is 1. The van der Waals surface area contributed by atoms with Gasteiger partial charge in [0.1, 0.15) is 17.7 Å². The molecule has 1 fully saturated rings. The molecular formula is C22H21N5O4. The van der Waals surface area contributed by atoms with Crippen molar-refractivity contribution in [1.82, 2.24) is 25.3 Å². The van der Waals surface area contributed by atoms with Crippen LogP contribution in [0, 0.1) is 0 Å². The third kappa shape index (κ3) is 3.70. The fourth-order valence-electron chi connectivity index (χ4n) is 3.83. The van der Waals surface area contributed by atoms with Gasteiger partial charge in [0.25, 0.3) is 11.8 Å². The van der Waals surface area contributed by atoms with Crippen LogP contribution >= 0.6 is 0 Å². The second-order valence-electron chi connectivity index (χ2n) is 7.39. The molecule has 1 amide bonds. The van der Waals surface area contributed by atoms with Gasteiger partial charge in [-0.1, -0.05) is 12.1 Å². The Labute approximate surface area is 178 Å². The summed E-state index contributed by atoms with van der Waals surface area (Å²) in [6, 6.07) is 11.1. The highest BCUT2D eigenvalue weighted by Crippen LogP contribution is 2.31. The number of benzene rings is 1. The number of hydrogen-bond donors (Lipinski definition) is 1. The Kier molecular flexibility index (Phi) is 4.99. The average Bonchev–Trinajstić information content (AvgIpc) is 3.60. The van der Waals surface area contributed by atoms with Crippen LogP contribution in [0.25, 0.3) is 22.7 Å². The van der Waals surface area contributed by atoms with E-state index in [1.54, 1.807) is 31.8 Å². The van der Waals surface area contributed by atoms with Gasteiger partial charge in [-0.2, -0.15) is 5.10 Å². The predicted octanol–water partition coefficient (Wildman–Crippen LogP) is 3.75. The first-order valence-corrected chi connectivity index (χ1v) is 10.1. The minimum absolute atomic E-state index is 0.0725. The van der Waals surface area contributed by atoms with Gasteiger partial charge in [-0.15, -0.1) is 10.2 Å². The van der Waals surface area contributed by atoms with Crippen molar-refractivity contribution in [2.75, 3.05) is 20.2 Å². The van der Waals surface area contributed by atoms with E-state index < -0.39 is 0 Å². The summed E-state index contributed by atoms with van der Waals surface area (Å²) in [5.41, 5.74) is 2.73. The molecule has 0 spiro atoms. The maximum absolute atomic E-state index is 13.0. The lowest BCUT2D eigenvalue weighted by molar-refractivity contribution is 0.0700. The monoisotopic (exact) mass is 419 g/mol. The number of aromatic amines is 1. The molecule has 158 valence electrons. The molecule has 0 bridgehead atoms. The third-order valence-electron chi connectivity index (χ3n) is 5.53. The smallest absolute Gasteiger partial charge is 0.271 e. The summed E-state index contributed by atoms with van der Waals surface area (Å²) in [4.78, 5) is 14.8. The van der Waals surface area contributed by atoms with Crippen molar-refractivity contribution in [3.8, 4) is 28.5 Å². The molecule has 9 heteroatoms. The first-order chi connectivity index (χ1) is 15.2. The number of carbonyl (C=O) groups excluding carboxylic acids is 1. The Morgan fingerprint density at radius 1 is 1.19 bits per heavy atom. The van der Waals surface area contributed by atoms with Crippen LogP contribution in [0.5, 0.6) is 5.75 Å². The van der Waals surface area contributed by atoms with E-state index in [-0.39, 0.29) is 11.8 Å². The van der Waals surface area contributed by atoms with Crippen LogP contribution in [0.4, 0.5) is 0 Å². The Balaban J connectivity index is 1.24. The lowest BCUT2D eigenvalue weighted by atomic mass is 9.96. The zero-order valence-electron chi connectivity index (χ0n) is 16.9. The molecule has 1 aliphatic heterocycles. The number of H-pyrrole nitrogens is 1. The normalized spacial score (nSPS) is 14.7. The highest BCUT2D eigenvalue weighted by atomic mass is 16.5. The molecule has 1 saturated heterocycles. The summed E-state index contributed by atoms with van der Waals surface area (Å²) in [6.07, 6.45) is 4.65. The number of para-hydroxylation sites is 1. The van der Waals surface area contributed by atoms with Crippen LogP contribution in [0.1, 0.15) is 35.1 Å². The van der Waals surface area contributed by atoms with Gasteiger partial charge in [0.05, 0.1) is 24.6 Å². The van der Waals surface area contributed by atoms with Crippen LogP contribution in [-0.4, -0.2) is 51.4 Å². The van der Waals surface area contributed by atoms with Gasteiger partial charge >= 0.3 is 0 Å². The van der Waals surface area contributed by atoms with Gasteiger partial charge in [0.2, 0.25) is 5.89 Å². The Morgan fingerprint density at radius 2 is 2.03 bits per heavy atom. The molecule has 0 radical (unpaired) electrons. The van der Waals surface area contributed by atoms with Crippen molar-refractivity contribution in [1.29, 1.82) is 0 Å². The van der Waals surface area contributed by atoms with Crippen LogP contribution in [0.15, 0.2) is 57.8 Å². The number of nitrogens with one attached hydrogen (secondary N) is 1. The maximum Gasteiger partial charge on any atom is 0.271 e. The summed E-state index contributed by atoms with van der Waals surface area (Å²) >= 11 is 0. The summed E-state index contributed by atoms with van der Waals surface area (Å²) < 4.78 is 16.3. The molecule has 1 aliphatic rings.